The van der Waals surface area contributed by atoms with Crippen LogP contribution in [0.4, 0.5) is 37.1 Å². The number of methoxy groups -OCH3 is 1. The summed E-state index contributed by atoms with van der Waals surface area (Å²) in [5.41, 5.74) is -2.20. The molecular weight excluding hydrogens is 694 g/mol. The van der Waals surface area contributed by atoms with E-state index in [1.54, 1.807) is 33.9 Å². The molecule has 1 aliphatic rings. The van der Waals surface area contributed by atoms with Crippen LogP contribution in [0.5, 0.6) is 0 Å². The maximum Gasteiger partial charge on any atom is 0.416 e. The lowest BCUT2D eigenvalue weighted by atomic mass is 9.87. The van der Waals surface area contributed by atoms with Gasteiger partial charge in [0.25, 0.3) is 0 Å². The van der Waals surface area contributed by atoms with Gasteiger partial charge >= 0.3 is 24.4 Å². The average Bonchev–Trinajstić information content (AvgIpc) is 3.53. The van der Waals surface area contributed by atoms with Crippen LogP contribution in [-0.2, 0) is 40.2 Å². The molecule has 0 bridgehead atoms. The van der Waals surface area contributed by atoms with E-state index >= 15 is 0 Å². The third-order valence-electron chi connectivity index (χ3n) is 9.37. The van der Waals surface area contributed by atoms with Crippen LogP contribution < -0.4 is 4.90 Å². The predicted molar refractivity (Wildman–Crippen MR) is 181 cm³/mol. The number of aromatic nitrogens is 4. The van der Waals surface area contributed by atoms with Crippen molar-refractivity contribution in [1.82, 2.24) is 24.6 Å². The van der Waals surface area contributed by atoms with Gasteiger partial charge in [-0.25, -0.2) is 14.8 Å². The number of anilines is 1. The van der Waals surface area contributed by atoms with E-state index in [2.05, 4.69) is 15.1 Å². The first-order valence-electron chi connectivity index (χ1n) is 17.2. The Balaban J connectivity index is 1.69. The Kier molecular flexibility index (Phi) is 12.8. The number of halogens is 6. The molecule has 0 saturated carbocycles. The van der Waals surface area contributed by atoms with Gasteiger partial charge in [0.2, 0.25) is 5.95 Å². The van der Waals surface area contributed by atoms with Gasteiger partial charge in [-0.05, 0) is 61.3 Å². The maximum absolute atomic E-state index is 13.9. The van der Waals surface area contributed by atoms with Gasteiger partial charge in [-0.1, -0.05) is 34.1 Å². The summed E-state index contributed by atoms with van der Waals surface area (Å²) in [5.74, 6) is -0.243. The molecule has 1 aliphatic heterocycles. The number of hydrogen-bond acceptors (Lipinski definition) is 8. The number of carbonyl (C=O) groups excluding carboxylic acids is 2. The van der Waals surface area contributed by atoms with Gasteiger partial charge in [-0.3, -0.25) is 9.48 Å². The van der Waals surface area contributed by atoms with Crippen molar-refractivity contribution in [3.8, 4) is 11.1 Å². The highest BCUT2D eigenvalue weighted by Crippen LogP contribution is 2.39. The fraction of sp³-hybridized carbons (Fsp3) is 0.583. The number of hydrogen-bond donors (Lipinski definition) is 0. The fourth-order valence-electron chi connectivity index (χ4n) is 6.56. The van der Waals surface area contributed by atoms with Crippen LogP contribution in [-0.4, -0.2) is 68.6 Å². The van der Waals surface area contributed by atoms with Crippen molar-refractivity contribution < 1.29 is 45.4 Å². The van der Waals surface area contributed by atoms with Gasteiger partial charge in [0.05, 0.1) is 31.0 Å². The molecule has 3 aromatic rings. The van der Waals surface area contributed by atoms with E-state index in [9.17, 15) is 35.9 Å². The van der Waals surface area contributed by atoms with Crippen molar-refractivity contribution in [2.45, 2.75) is 110 Å². The van der Waals surface area contributed by atoms with E-state index in [0.29, 0.717) is 44.1 Å². The zero-order chi connectivity index (χ0) is 38.4. The van der Waals surface area contributed by atoms with Gasteiger partial charge in [-0.2, -0.15) is 31.4 Å². The number of alkyl halides is 6. The fourth-order valence-corrected chi connectivity index (χ4v) is 6.56. The molecule has 3 atom stereocenters. The predicted octanol–water partition coefficient (Wildman–Crippen LogP) is 8.45. The SMILES string of the molecule is CCC[C@H]1C[C@@H](N(Cc2cc(C(F)(F)F)cc(C(F)(F)F)c2)c2ncc(-c3cnn(C)c3)cn2)C[C@@H](CC)N1C(=O)OCC(C)(C)CCC(=O)OC. The zero-order valence-electron chi connectivity index (χ0n) is 30.2. The molecular formula is C36H46F6N6O4. The molecule has 286 valence electrons. The van der Waals surface area contributed by atoms with Gasteiger partial charge in [0.15, 0.2) is 0 Å². The maximum atomic E-state index is 13.9. The van der Waals surface area contributed by atoms with E-state index < -0.39 is 41.0 Å². The Morgan fingerprint density at radius 3 is 2.06 bits per heavy atom. The van der Waals surface area contributed by atoms with Gasteiger partial charge in [-0.15, -0.1) is 0 Å². The Labute approximate surface area is 299 Å². The molecule has 0 N–H and O–H groups in total. The van der Waals surface area contributed by atoms with Crippen LogP contribution in [0.3, 0.4) is 0 Å². The summed E-state index contributed by atoms with van der Waals surface area (Å²) in [6.07, 6.45) is -1.05. The van der Waals surface area contributed by atoms with Crippen molar-refractivity contribution in [2.75, 3.05) is 18.6 Å². The average molecular weight is 741 g/mol. The summed E-state index contributed by atoms with van der Waals surface area (Å²) in [5, 5.41) is 4.15. The number of aryl methyl sites for hydroxylation is 1. The number of nitrogens with zero attached hydrogens (tertiary/aromatic N) is 6. The summed E-state index contributed by atoms with van der Waals surface area (Å²) < 4.78 is 95.3. The quantitative estimate of drug-likeness (QED) is 0.127. The molecule has 1 fully saturated rings. The Morgan fingerprint density at radius 1 is 0.923 bits per heavy atom. The Morgan fingerprint density at radius 2 is 1.54 bits per heavy atom. The second kappa shape index (κ2) is 16.5. The number of esters is 1. The molecule has 10 nitrogen and oxygen atoms in total. The van der Waals surface area contributed by atoms with Gasteiger partial charge in [0, 0.05) is 67.9 Å². The second-order valence-electron chi connectivity index (χ2n) is 14.0. The van der Waals surface area contributed by atoms with Crippen LogP contribution in [0.1, 0.15) is 89.3 Å². The van der Waals surface area contributed by atoms with Crippen LogP contribution in [0, 0.1) is 5.41 Å². The normalized spacial score (nSPS) is 18.3. The molecule has 1 amide bonds. The van der Waals surface area contributed by atoms with E-state index in [0.717, 1.165) is 17.7 Å². The first kappa shape index (κ1) is 40.4. The number of likely N-dealkylation sites (tertiary alicyclic amines) is 1. The van der Waals surface area contributed by atoms with E-state index in [-0.39, 0.29) is 55.2 Å². The highest BCUT2D eigenvalue weighted by molar-refractivity contribution is 5.70. The smallest absolute Gasteiger partial charge is 0.416 e. The third kappa shape index (κ3) is 10.4. The Bertz CT molecular complexity index is 1630. The number of benzene rings is 1. The van der Waals surface area contributed by atoms with Crippen molar-refractivity contribution in [1.29, 1.82) is 0 Å². The van der Waals surface area contributed by atoms with Crippen LogP contribution >= 0.6 is 0 Å². The van der Waals surface area contributed by atoms with Crippen LogP contribution in [0.25, 0.3) is 11.1 Å². The summed E-state index contributed by atoms with van der Waals surface area (Å²) in [7, 11) is 3.05. The summed E-state index contributed by atoms with van der Waals surface area (Å²) in [6.45, 7) is 7.33. The van der Waals surface area contributed by atoms with Crippen molar-refractivity contribution >= 4 is 18.0 Å². The molecule has 0 aliphatic carbocycles. The number of rotatable bonds is 13. The van der Waals surface area contributed by atoms with Crippen molar-refractivity contribution in [3.63, 3.8) is 0 Å². The van der Waals surface area contributed by atoms with Gasteiger partial charge in [0.1, 0.15) is 0 Å². The van der Waals surface area contributed by atoms with Crippen molar-refractivity contribution in [2.24, 2.45) is 12.5 Å². The first-order chi connectivity index (χ1) is 24.3. The molecule has 2 aromatic heterocycles. The number of amides is 1. The standard InChI is InChI=1S/C36H46F6N6O4/c1-7-9-29-16-30(15-28(8-2)48(29)33(50)52-22-34(3,4)11-10-31(49)51-6)47(32-43-17-24(18-44-32)25-19-45-46(5)21-25)20-23-12-26(35(37,38)39)14-27(13-23)36(40,41)42/h12-14,17-19,21,28-30H,7-11,15-16,20,22H2,1-6H3/t28-,29+,30+/m1/s1. The molecule has 3 heterocycles. The molecule has 1 aromatic carbocycles. The monoisotopic (exact) mass is 740 g/mol. The zero-order valence-corrected chi connectivity index (χ0v) is 30.2. The molecule has 0 spiro atoms. The Hall–Kier alpha value is -4.37. The summed E-state index contributed by atoms with van der Waals surface area (Å²) in [6, 6.07) is 0.366. The van der Waals surface area contributed by atoms with E-state index in [4.69, 9.17) is 9.47 Å². The lowest BCUT2D eigenvalue weighted by molar-refractivity contribution is -0.143. The number of carbonyl (C=O) groups is 2. The topological polar surface area (TPSA) is 103 Å². The van der Waals surface area contributed by atoms with E-state index in [1.807, 2.05) is 27.7 Å². The van der Waals surface area contributed by atoms with Crippen LogP contribution in [0.15, 0.2) is 43.0 Å². The first-order valence-corrected chi connectivity index (χ1v) is 17.2. The summed E-state index contributed by atoms with van der Waals surface area (Å²) >= 11 is 0. The molecule has 1 saturated heterocycles. The molecule has 16 heteroatoms. The number of piperidine rings is 1. The van der Waals surface area contributed by atoms with Gasteiger partial charge < -0.3 is 19.3 Å². The minimum atomic E-state index is -5.01. The summed E-state index contributed by atoms with van der Waals surface area (Å²) in [4.78, 5) is 37.9. The van der Waals surface area contributed by atoms with E-state index in [1.165, 1.54) is 19.5 Å². The lowest BCUT2D eigenvalue weighted by Gasteiger charge is -2.47. The molecule has 0 radical (unpaired) electrons. The van der Waals surface area contributed by atoms with Crippen LogP contribution in [0.2, 0.25) is 0 Å². The number of ether oxygens (including phenoxy) is 2. The highest BCUT2D eigenvalue weighted by atomic mass is 19.4. The molecule has 0 unspecified atom stereocenters. The minimum Gasteiger partial charge on any atom is -0.469 e. The molecule has 52 heavy (non-hydrogen) atoms. The minimum absolute atomic E-state index is 0.0539. The largest absolute Gasteiger partial charge is 0.469 e. The third-order valence-corrected chi connectivity index (χ3v) is 9.37. The highest BCUT2D eigenvalue weighted by Gasteiger charge is 2.42. The lowest BCUT2D eigenvalue weighted by Crippen LogP contribution is -2.57. The van der Waals surface area contributed by atoms with Crippen molar-refractivity contribution in [3.05, 3.63) is 59.7 Å². The molecule has 4 rings (SSSR count). The second-order valence-corrected chi connectivity index (χ2v) is 14.0.